The van der Waals surface area contributed by atoms with Crippen LogP contribution >= 0.6 is 24.0 Å². The van der Waals surface area contributed by atoms with E-state index in [2.05, 4.69) is 20.3 Å². The van der Waals surface area contributed by atoms with E-state index in [0.717, 1.165) is 44.9 Å². The number of nitrogens with one attached hydrogen (secondary N) is 3. The van der Waals surface area contributed by atoms with Crippen LogP contribution in [-0.2, 0) is 25.6 Å². The Bertz CT molecular complexity index is 627. The molecule has 2 aliphatic rings. The lowest BCUT2D eigenvalue weighted by molar-refractivity contribution is 0.0200. The smallest absolute Gasteiger partial charge is 0.213 e. The van der Waals surface area contributed by atoms with Crippen LogP contribution in [-0.4, -0.2) is 74.2 Å². The SMILES string of the molecule is CCS(=O)C1CCCC(NC(=NC)NCCS(=O)(=O)NCC2CCCCO2)C1.I. The highest BCUT2D eigenvalue weighted by Gasteiger charge is 2.26. The maximum Gasteiger partial charge on any atom is 0.213 e. The number of hydrogen-bond donors (Lipinski definition) is 3. The molecule has 0 aromatic heterocycles. The van der Waals surface area contributed by atoms with Gasteiger partial charge in [-0.3, -0.25) is 9.20 Å². The Morgan fingerprint density at radius 2 is 2.00 bits per heavy atom. The fourth-order valence-corrected chi connectivity index (χ4v) is 6.01. The first-order valence-corrected chi connectivity index (χ1v) is 13.4. The van der Waals surface area contributed by atoms with Gasteiger partial charge >= 0.3 is 0 Å². The molecule has 0 radical (unpaired) electrons. The maximum atomic E-state index is 12.2. The zero-order valence-corrected chi connectivity index (χ0v) is 21.5. The normalized spacial score (nSPS) is 27.0. The Kier molecular flexibility index (Phi) is 13.2. The van der Waals surface area contributed by atoms with Gasteiger partial charge in [0.1, 0.15) is 0 Å². The standard InChI is InChI=1S/C18H36N4O4S2.HI/c1-3-27(23)17-9-6-7-15(13-17)22-18(19-2)20-10-12-28(24,25)21-14-16-8-4-5-11-26-16;/h15-17,21H,3-14H2,1-2H3,(H2,19,20,22);1H. The minimum Gasteiger partial charge on any atom is -0.377 e. The monoisotopic (exact) mass is 564 g/mol. The lowest BCUT2D eigenvalue weighted by Crippen LogP contribution is -2.48. The summed E-state index contributed by atoms with van der Waals surface area (Å²) in [6.45, 7) is 3.29. The van der Waals surface area contributed by atoms with Gasteiger partial charge in [-0.1, -0.05) is 13.3 Å². The van der Waals surface area contributed by atoms with Crippen molar-refractivity contribution in [2.45, 2.75) is 69.3 Å². The van der Waals surface area contributed by atoms with E-state index in [4.69, 9.17) is 4.74 Å². The summed E-state index contributed by atoms with van der Waals surface area (Å²) >= 11 is 0. The van der Waals surface area contributed by atoms with E-state index < -0.39 is 20.8 Å². The van der Waals surface area contributed by atoms with Crippen molar-refractivity contribution >= 4 is 50.8 Å². The van der Waals surface area contributed by atoms with Crippen molar-refractivity contribution in [2.75, 3.05) is 38.2 Å². The molecular weight excluding hydrogens is 527 g/mol. The third-order valence-electron chi connectivity index (χ3n) is 5.31. The number of aliphatic imine (C=N–C) groups is 1. The highest BCUT2D eigenvalue weighted by Crippen LogP contribution is 2.22. The van der Waals surface area contributed by atoms with Crippen LogP contribution in [0.25, 0.3) is 0 Å². The van der Waals surface area contributed by atoms with Gasteiger partial charge in [0.2, 0.25) is 10.0 Å². The van der Waals surface area contributed by atoms with Crippen LogP contribution < -0.4 is 15.4 Å². The molecular formula is C18H37IN4O4S2. The Hall–Kier alpha value is 0.0200. The van der Waals surface area contributed by atoms with Crippen molar-refractivity contribution in [1.82, 2.24) is 15.4 Å². The van der Waals surface area contributed by atoms with Crippen molar-refractivity contribution in [2.24, 2.45) is 4.99 Å². The van der Waals surface area contributed by atoms with E-state index in [1.165, 1.54) is 0 Å². The molecule has 4 unspecified atom stereocenters. The highest BCUT2D eigenvalue weighted by atomic mass is 127. The van der Waals surface area contributed by atoms with E-state index in [9.17, 15) is 12.6 Å². The summed E-state index contributed by atoms with van der Waals surface area (Å²) in [5, 5.41) is 6.67. The average molecular weight is 565 g/mol. The van der Waals surface area contributed by atoms with Gasteiger partial charge in [-0.05, 0) is 38.5 Å². The number of sulfonamides is 1. The van der Waals surface area contributed by atoms with Crippen LogP contribution in [0.15, 0.2) is 4.99 Å². The zero-order chi connectivity index (χ0) is 20.4. The summed E-state index contributed by atoms with van der Waals surface area (Å²) in [5.41, 5.74) is 0. The van der Waals surface area contributed by atoms with Gasteiger partial charge in [0, 0.05) is 54.6 Å². The first-order chi connectivity index (χ1) is 13.4. The molecule has 0 aromatic carbocycles. The Balaban J connectivity index is 0.00000420. The molecule has 8 nitrogen and oxygen atoms in total. The fraction of sp³-hybridized carbons (Fsp3) is 0.944. The summed E-state index contributed by atoms with van der Waals surface area (Å²) in [4.78, 5) is 4.19. The van der Waals surface area contributed by atoms with Crippen LogP contribution in [0, 0.1) is 0 Å². The molecule has 2 rings (SSSR count). The van der Waals surface area contributed by atoms with Gasteiger partial charge in [-0.25, -0.2) is 13.1 Å². The van der Waals surface area contributed by atoms with Gasteiger partial charge in [0.25, 0.3) is 0 Å². The Morgan fingerprint density at radius 3 is 2.66 bits per heavy atom. The van der Waals surface area contributed by atoms with Crippen LogP contribution in [0.2, 0.25) is 0 Å². The highest BCUT2D eigenvalue weighted by molar-refractivity contribution is 14.0. The molecule has 172 valence electrons. The van der Waals surface area contributed by atoms with Crippen LogP contribution in [0.4, 0.5) is 0 Å². The van der Waals surface area contributed by atoms with Crippen molar-refractivity contribution in [3.8, 4) is 0 Å². The summed E-state index contributed by atoms with van der Waals surface area (Å²) in [6, 6.07) is 0.221. The van der Waals surface area contributed by atoms with Crippen LogP contribution in [0.1, 0.15) is 51.9 Å². The molecule has 1 heterocycles. The largest absolute Gasteiger partial charge is 0.377 e. The Morgan fingerprint density at radius 1 is 1.21 bits per heavy atom. The molecule has 1 aliphatic carbocycles. The van der Waals surface area contributed by atoms with Gasteiger partial charge in [0.15, 0.2) is 5.96 Å². The molecule has 1 aliphatic heterocycles. The maximum absolute atomic E-state index is 12.2. The summed E-state index contributed by atoms with van der Waals surface area (Å²) in [7, 11) is -2.45. The molecule has 29 heavy (non-hydrogen) atoms. The summed E-state index contributed by atoms with van der Waals surface area (Å²) in [5.74, 6) is 1.27. The van der Waals surface area contributed by atoms with Gasteiger partial charge < -0.3 is 15.4 Å². The van der Waals surface area contributed by atoms with Gasteiger partial charge in [-0.2, -0.15) is 0 Å². The lowest BCUT2D eigenvalue weighted by Gasteiger charge is -2.30. The average Bonchev–Trinajstić information content (AvgIpc) is 2.72. The van der Waals surface area contributed by atoms with Crippen molar-refractivity contribution < 1.29 is 17.4 Å². The molecule has 11 heteroatoms. The molecule has 1 saturated carbocycles. The van der Waals surface area contributed by atoms with Crippen LogP contribution in [0.3, 0.4) is 0 Å². The minimum absolute atomic E-state index is 0. The first kappa shape index (κ1) is 27.1. The quantitative estimate of drug-likeness (QED) is 0.222. The third-order valence-corrected chi connectivity index (χ3v) is 8.40. The lowest BCUT2D eigenvalue weighted by atomic mass is 9.95. The predicted octanol–water partition coefficient (Wildman–Crippen LogP) is 1.34. The number of ether oxygens (including phenoxy) is 1. The van der Waals surface area contributed by atoms with E-state index in [-0.39, 0.29) is 53.7 Å². The topological polar surface area (TPSA) is 109 Å². The van der Waals surface area contributed by atoms with E-state index in [1.54, 1.807) is 7.05 Å². The third kappa shape index (κ3) is 10.3. The van der Waals surface area contributed by atoms with Crippen molar-refractivity contribution in [3.05, 3.63) is 0 Å². The molecule has 4 atom stereocenters. The molecule has 3 N–H and O–H groups in total. The zero-order valence-electron chi connectivity index (χ0n) is 17.5. The van der Waals surface area contributed by atoms with E-state index >= 15 is 0 Å². The summed E-state index contributed by atoms with van der Waals surface area (Å²) < 4.78 is 44.6. The van der Waals surface area contributed by atoms with Crippen molar-refractivity contribution in [3.63, 3.8) is 0 Å². The van der Waals surface area contributed by atoms with Gasteiger partial charge in [0.05, 0.1) is 11.9 Å². The number of halogens is 1. The molecule has 0 amide bonds. The second kappa shape index (κ2) is 14.2. The number of nitrogens with zero attached hydrogens (tertiary/aromatic N) is 1. The van der Waals surface area contributed by atoms with E-state index in [1.807, 2.05) is 6.92 Å². The van der Waals surface area contributed by atoms with Crippen LogP contribution in [0.5, 0.6) is 0 Å². The second-order valence-corrected chi connectivity index (χ2v) is 11.4. The predicted molar refractivity (Wildman–Crippen MR) is 130 cm³/mol. The minimum atomic E-state index is -3.36. The molecule has 2 fully saturated rings. The van der Waals surface area contributed by atoms with Gasteiger partial charge in [-0.15, -0.1) is 24.0 Å². The molecule has 0 spiro atoms. The second-order valence-electron chi connectivity index (χ2n) is 7.45. The van der Waals surface area contributed by atoms with E-state index in [0.29, 0.717) is 24.9 Å². The Labute approximate surface area is 195 Å². The number of rotatable bonds is 9. The molecule has 0 bridgehead atoms. The fourth-order valence-electron chi connectivity index (χ4n) is 3.70. The van der Waals surface area contributed by atoms with Crippen molar-refractivity contribution in [1.29, 1.82) is 0 Å². The number of hydrogen-bond acceptors (Lipinski definition) is 5. The number of guanidine groups is 1. The summed E-state index contributed by atoms with van der Waals surface area (Å²) in [6.07, 6.45) is 6.97. The first-order valence-electron chi connectivity index (χ1n) is 10.4. The molecule has 1 saturated heterocycles. The molecule has 0 aromatic rings.